The van der Waals surface area contributed by atoms with Crippen LogP contribution in [-0.2, 0) is 0 Å². The minimum Gasteiger partial charge on any atom is -0.338 e. The normalized spacial score (nSPS) is 20.4. The lowest BCUT2D eigenvalue weighted by Crippen LogP contribution is -2.34. The summed E-state index contributed by atoms with van der Waals surface area (Å²) in [4.78, 5) is 14.5. The Balaban J connectivity index is 0.00000192. The maximum absolute atomic E-state index is 12.6. The first-order valence-corrected chi connectivity index (χ1v) is 7.62. The van der Waals surface area contributed by atoms with Gasteiger partial charge >= 0.3 is 0 Å². The predicted molar refractivity (Wildman–Crippen MR) is 93.2 cm³/mol. The zero-order valence-corrected chi connectivity index (χ0v) is 14.3. The van der Waals surface area contributed by atoms with Crippen LogP contribution in [0.5, 0.6) is 0 Å². The molecule has 1 atom stereocenters. The number of amides is 1. The van der Waals surface area contributed by atoms with Gasteiger partial charge in [-0.15, -0.1) is 12.4 Å². The molecule has 2 aromatic rings. The number of rotatable bonds is 3. The van der Waals surface area contributed by atoms with E-state index in [1.807, 2.05) is 42.3 Å². The van der Waals surface area contributed by atoms with Crippen molar-refractivity contribution >= 4 is 18.3 Å². The molecule has 1 aliphatic rings. The minimum absolute atomic E-state index is 0. The van der Waals surface area contributed by atoms with Crippen LogP contribution in [-0.4, -0.2) is 40.2 Å². The zero-order valence-electron chi connectivity index (χ0n) is 13.5. The fraction of sp³-hybridized carbons (Fsp3) is 0.412. The molecule has 6 heteroatoms. The molecular formula is C17H23ClN4O. The summed E-state index contributed by atoms with van der Waals surface area (Å²) in [5, 5.41) is 4.34. The van der Waals surface area contributed by atoms with E-state index >= 15 is 0 Å². The summed E-state index contributed by atoms with van der Waals surface area (Å²) in [6, 6.07) is 7.99. The Morgan fingerprint density at radius 2 is 2.13 bits per heavy atom. The molecular weight excluding hydrogens is 312 g/mol. The van der Waals surface area contributed by atoms with Gasteiger partial charge in [0.2, 0.25) is 0 Å². The first kappa shape index (κ1) is 17.5. The van der Waals surface area contributed by atoms with Gasteiger partial charge in [0.1, 0.15) is 0 Å². The summed E-state index contributed by atoms with van der Waals surface area (Å²) in [6.07, 6.45) is 4.41. The van der Waals surface area contributed by atoms with E-state index in [0.717, 1.165) is 30.8 Å². The van der Waals surface area contributed by atoms with Gasteiger partial charge in [0.15, 0.2) is 0 Å². The SMILES string of the molecule is Cc1ccccc1-n1cc(C(=O)N2CCC(C)(CN)C2)cn1.Cl. The zero-order chi connectivity index (χ0) is 15.7. The van der Waals surface area contributed by atoms with Crippen molar-refractivity contribution in [1.29, 1.82) is 0 Å². The summed E-state index contributed by atoms with van der Waals surface area (Å²) in [7, 11) is 0. The first-order valence-electron chi connectivity index (χ1n) is 7.62. The van der Waals surface area contributed by atoms with Gasteiger partial charge in [-0.1, -0.05) is 25.1 Å². The smallest absolute Gasteiger partial charge is 0.257 e. The molecule has 0 radical (unpaired) electrons. The highest BCUT2D eigenvalue weighted by molar-refractivity contribution is 5.94. The Kier molecular flexibility index (Phi) is 5.12. The summed E-state index contributed by atoms with van der Waals surface area (Å²) < 4.78 is 1.76. The third kappa shape index (κ3) is 3.41. The summed E-state index contributed by atoms with van der Waals surface area (Å²) >= 11 is 0. The highest BCUT2D eigenvalue weighted by atomic mass is 35.5. The first-order chi connectivity index (χ1) is 10.5. The number of nitrogens with zero attached hydrogens (tertiary/aromatic N) is 3. The molecule has 1 aromatic carbocycles. The number of aromatic nitrogens is 2. The topological polar surface area (TPSA) is 64.2 Å². The maximum atomic E-state index is 12.6. The average molecular weight is 335 g/mol. The Hall–Kier alpha value is -1.85. The predicted octanol–water partition coefficient (Wildman–Crippen LogP) is 2.41. The summed E-state index contributed by atoms with van der Waals surface area (Å²) in [6.45, 7) is 6.27. The lowest BCUT2D eigenvalue weighted by atomic mass is 9.90. The second-order valence-corrected chi connectivity index (χ2v) is 6.45. The highest BCUT2D eigenvalue weighted by Crippen LogP contribution is 2.29. The van der Waals surface area contributed by atoms with Crippen molar-refractivity contribution in [3.8, 4) is 5.69 Å². The molecule has 23 heavy (non-hydrogen) atoms. The van der Waals surface area contributed by atoms with Crippen molar-refractivity contribution in [2.75, 3.05) is 19.6 Å². The number of halogens is 1. The number of para-hydroxylation sites is 1. The molecule has 1 aromatic heterocycles. The average Bonchev–Trinajstić information content (AvgIpc) is 3.15. The molecule has 2 N–H and O–H groups in total. The fourth-order valence-corrected chi connectivity index (χ4v) is 2.93. The molecule has 0 spiro atoms. The van der Waals surface area contributed by atoms with Crippen molar-refractivity contribution in [2.45, 2.75) is 20.3 Å². The fourth-order valence-electron chi connectivity index (χ4n) is 2.93. The van der Waals surface area contributed by atoms with Crippen LogP contribution in [0.25, 0.3) is 5.69 Å². The van der Waals surface area contributed by atoms with Crippen molar-refractivity contribution in [1.82, 2.24) is 14.7 Å². The standard InChI is InChI=1S/C17H22N4O.ClH/c1-13-5-3-4-6-15(13)21-10-14(9-19-21)16(22)20-8-7-17(2,11-18)12-20;/h3-6,9-10H,7-8,11-12,18H2,1-2H3;1H. The van der Waals surface area contributed by atoms with E-state index in [1.54, 1.807) is 10.9 Å². The second-order valence-electron chi connectivity index (χ2n) is 6.45. The Bertz CT molecular complexity index is 699. The summed E-state index contributed by atoms with van der Waals surface area (Å²) in [5.41, 5.74) is 8.61. The van der Waals surface area contributed by atoms with Crippen LogP contribution in [0.2, 0.25) is 0 Å². The van der Waals surface area contributed by atoms with Gasteiger partial charge in [0.05, 0.1) is 17.4 Å². The number of likely N-dealkylation sites (tertiary alicyclic amines) is 1. The van der Waals surface area contributed by atoms with Crippen molar-refractivity contribution in [2.24, 2.45) is 11.1 Å². The van der Waals surface area contributed by atoms with E-state index in [2.05, 4.69) is 12.0 Å². The van der Waals surface area contributed by atoms with Crippen LogP contribution in [0.4, 0.5) is 0 Å². The maximum Gasteiger partial charge on any atom is 0.257 e. The molecule has 1 unspecified atom stereocenters. The van der Waals surface area contributed by atoms with Crippen LogP contribution in [0.1, 0.15) is 29.3 Å². The number of hydrogen-bond acceptors (Lipinski definition) is 3. The third-order valence-corrected chi connectivity index (χ3v) is 4.53. The van der Waals surface area contributed by atoms with Gasteiger partial charge in [-0.2, -0.15) is 5.10 Å². The number of benzene rings is 1. The van der Waals surface area contributed by atoms with Crippen molar-refractivity contribution in [3.63, 3.8) is 0 Å². The van der Waals surface area contributed by atoms with Crippen LogP contribution in [0, 0.1) is 12.3 Å². The largest absolute Gasteiger partial charge is 0.338 e. The number of nitrogens with two attached hydrogens (primary N) is 1. The number of hydrogen-bond donors (Lipinski definition) is 1. The molecule has 1 fully saturated rings. The Morgan fingerprint density at radius 3 is 2.78 bits per heavy atom. The Labute approximate surface area is 142 Å². The molecule has 0 aliphatic carbocycles. The lowest BCUT2D eigenvalue weighted by molar-refractivity contribution is 0.0777. The third-order valence-electron chi connectivity index (χ3n) is 4.53. The van der Waals surface area contributed by atoms with Gasteiger partial charge < -0.3 is 10.6 Å². The van der Waals surface area contributed by atoms with E-state index in [9.17, 15) is 4.79 Å². The molecule has 3 rings (SSSR count). The monoisotopic (exact) mass is 334 g/mol. The number of aryl methyl sites for hydroxylation is 1. The van der Waals surface area contributed by atoms with Gasteiger partial charge in [0.25, 0.3) is 5.91 Å². The molecule has 124 valence electrons. The quantitative estimate of drug-likeness (QED) is 0.937. The van der Waals surface area contributed by atoms with E-state index < -0.39 is 0 Å². The minimum atomic E-state index is 0. The molecule has 1 aliphatic heterocycles. The number of carbonyl (C=O) groups excluding carboxylic acids is 1. The summed E-state index contributed by atoms with van der Waals surface area (Å²) in [5.74, 6) is 0.0389. The van der Waals surface area contributed by atoms with Crippen LogP contribution < -0.4 is 5.73 Å². The highest BCUT2D eigenvalue weighted by Gasteiger charge is 2.35. The molecule has 0 saturated carbocycles. The van der Waals surface area contributed by atoms with Crippen LogP contribution >= 0.6 is 12.4 Å². The molecule has 0 bridgehead atoms. The molecule has 1 saturated heterocycles. The lowest BCUT2D eigenvalue weighted by Gasteiger charge is -2.22. The van der Waals surface area contributed by atoms with Gasteiger partial charge in [-0.3, -0.25) is 4.79 Å². The van der Waals surface area contributed by atoms with E-state index in [-0.39, 0.29) is 23.7 Å². The number of carbonyl (C=O) groups is 1. The van der Waals surface area contributed by atoms with Crippen molar-refractivity contribution in [3.05, 3.63) is 47.8 Å². The van der Waals surface area contributed by atoms with Crippen LogP contribution in [0.3, 0.4) is 0 Å². The van der Waals surface area contributed by atoms with Gasteiger partial charge in [0, 0.05) is 19.3 Å². The van der Waals surface area contributed by atoms with E-state index in [1.165, 1.54) is 0 Å². The van der Waals surface area contributed by atoms with Crippen LogP contribution in [0.15, 0.2) is 36.7 Å². The van der Waals surface area contributed by atoms with Gasteiger partial charge in [-0.05, 0) is 36.9 Å². The van der Waals surface area contributed by atoms with E-state index in [4.69, 9.17) is 5.73 Å². The molecule has 2 heterocycles. The van der Waals surface area contributed by atoms with E-state index in [0.29, 0.717) is 12.1 Å². The second kappa shape index (κ2) is 6.72. The molecule has 1 amide bonds. The van der Waals surface area contributed by atoms with Crippen molar-refractivity contribution < 1.29 is 4.79 Å². The molecule has 5 nitrogen and oxygen atoms in total. The Morgan fingerprint density at radius 1 is 1.39 bits per heavy atom. The van der Waals surface area contributed by atoms with Gasteiger partial charge in [-0.25, -0.2) is 4.68 Å².